The molecular formula is C21H24N4O4. The maximum absolute atomic E-state index is 12.3. The lowest BCUT2D eigenvalue weighted by Crippen LogP contribution is -2.39. The van der Waals surface area contributed by atoms with Gasteiger partial charge in [-0.1, -0.05) is 12.1 Å². The number of nitro groups is 1. The zero-order valence-corrected chi connectivity index (χ0v) is 16.3. The van der Waals surface area contributed by atoms with Crippen LogP contribution in [0.4, 0.5) is 5.69 Å². The van der Waals surface area contributed by atoms with E-state index in [0.717, 1.165) is 49.4 Å². The molecule has 152 valence electrons. The van der Waals surface area contributed by atoms with Crippen molar-refractivity contribution in [2.24, 2.45) is 11.0 Å². The molecule has 1 heterocycles. The van der Waals surface area contributed by atoms with Crippen LogP contribution >= 0.6 is 0 Å². The van der Waals surface area contributed by atoms with Crippen LogP contribution in [0.2, 0.25) is 0 Å². The van der Waals surface area contributed by atoms with E-state index in [9.17, 15) is 14.9 Å². The van der Waals surface area contributed by atoms with Crippen LogP contribution in [-0.4, -0.2) is 42.1 Å². The van der Waals surface area contributed by atoms with E-state index in [1.807, 2.05) is 24.3 Å². The highest BCUT2D eigenvalue weighted by atomic mass is 16.6. The second-order valence-electron chi connectivity index (χ2n) is 6.98. The Morgan fingerprint density at radius 2 is 1.86 bits per heavy atom. The SMILES string of the molecule is COc1ccc(/C=N/NC(=O)C2CCN(Cc3ccc([N+](=O)[O-])cc3)CC2)cc1. The fourth-order valence-corrected chi connectivity index (χ4v) is 3.29. The number of ether oxygens (including phenoxy) is 1. The molecule has 0 bridgehead atoms. The number of hydrogen-bond acceptors (Lipinski definition) is 6. The van der Waals surface area contributed by atoms with Gasteiger partial charge in [-0.2, -0.15) is 5.10 Å². The normalized spacial score (nSPS) is 15.3. The van der Waals surface area contributed by atoms with Crippen molar-refractivity contribution in [2.75, 3.05) is 20.2 Å². The van der Waals surface area contributed by atoms with Crippen molar-refractivity contribution < 1.29 is 14.5 Å². The van der Waals surface area contributed by atoms with Crippen LogP contribution in [0, 0.1) is 16.0 Å². The average Bonchev–Trinajstić information content (AvgIpc) is 2.75. The predicted octanol–water partition coefficient (Wildman–Crippen LogP) is 2.97. The summed E-state index contributed by atoms with van der Waals surface area (Å²) in [7, 11) is 1.61. The summed E-state index contributed by atoms with van der Waals surface area (Å²) in [5.41, 5.74) is 4.63. The van der Waals surface area contributed by atoms with Gasteiger partial charge >= 0.3 is 0 Å². The van der Waals surface area contributed by atoms with Gasteiger partial charge in [-0.3, -0.25) is 19.8 Å². The topological polar surface area (TPSA) is 97.1 Å². The Balaban J connectivity index is 1.42. The minimum absolute atomic E-state index is 0.0591. The lowest BCUT2D eigenvalue weighted by atomic mass is 9.96. The van der Waals surface area contributed by atoms with Gasteiger partial charge in [0.2, 0.25) is 5.91 Å². The number of methoxy groups -OCH3 is 1. The number of non-ortho nitro benzene ring substituents is 1. The van der Waals surface area contributed by atoms with Gasteiger partial charge in [-0.15, -0.1) is 0 Å². The lowest BCUT2D eigenvalue weighted by Gasteiger charge is -2.30. The summed E-state index contributed by atoms with van der Waals surface area (Å²) in [5.74, 6) is 0.646. The Hall–Kier alpha value is -3.26. The molecule has 0 radical (unpaired) electrons. The number of amides is 1. The summed E-state index contributed by atoms with van der Waals surface area (Å²) in [4.78, 5) is 24.9. The Kier molecular flexibility index (Phi) is 6.91. The number of likely N-dealkylation sites (tertiary alicyclic amines) is 1. The smallest absolute Gasteiger partial charge is 0.269 e. The molecule has 1 saturated heterocycles. The predicted molar refractivity (Wildman–Crippen MR) is 110 cm³/mol. The fraction of sp³-hybridized carbons (Fsp3) is 0.333. The van der Waals surface area contributed by atoms with Crippen LogP contribution in [0.15, 0.2) is 53.6 Å². The Bertz CT molecular complexity index is 857. The Morgan fingerprint density at radius 3 is 2.45 bits per heavy atom. The van der Waals surface area contributed by atoms with Gasteiger partial charge in [-0.05, 0) is 61.3 Å². The van der Waals surface area contributed by atoms with Crippen molar-refractivity contribution in [1.82, 2.24) is 10.3 Å². The average molecular weight is 396 g/mol. The van der Waals surface area contributed by atoms with E-state index >= 15 is 0 Å². The molecule has 29 heavy (non-hydrogen) atoms. The van der Waals surface area contributed by atoms with Gasteiger partial charge in [0, 0.05) is 24.6 Å². The minimum atomic E-state index is -0.398. The number of carbonyl (C=O) groups excluding carboxylic acids is 1. The first-order valence-corrected chi connectivity index (χ1v) is 9.48. The van der Waals surface area contributed by atoms with Crippen LogP contribution in [0.25, 0.3) is 0 Å². The molecule has 0 unspecified atom stereocenters. The molecule has 0 spiro atoms. The van der Waals surface area contributed by atoms with E-state index < -0.39 is 4.92 Å². The highest BCUT2D eigenvalue weighted by Crippen LogP contribution is 2.20. The summed E-state index contributed by atoms with van der Waals surface area (Å²) < 4.78 is 5.11. The van der Waals surface area contributed by atoms with E-state index in [1.165, 1.54) is 12.1 Å². The molecule has 1 amide bonds. The monoisotopic (exact) mass is 396 g/mol. The Morgan fingerprint density at radius 1 is 1.21 bits per heavy atom. The molecule has 8 nitrogen and oxygen atoms in total. The zero-order valence-electron chi connectivity index (χ0n) is 16.3. The van der Waals surface area contributed by atoms with Gasteiger partial charge < -0.3 is 4.74 Å². The van der Waals surface area contributed by atoms with Crippen molar-refractivity contribution in [1.29, 1.82) is 0 Å². The highest BCUT2D eigenvalue weighted by molar-refractivity contribution is 5.83. The van der Waals surface area contributed by atoms with Gasteiger partial charge in [0.25, 0.3) is 5.69 Å². The number of nitrogens with zero attached hydrogens (tertiary/aromatic N) is 3. The van der Waals surface area contributed by atoms with E-state index in [4.69, 9.17) is 4.74 Å². The van der Waals surface area contributed by atoms with E-state index in [0.29, 0.717) is 0 Å². The number of rotatable bonds is 7. The fourth-order valence-electron chi connectivity index (χ4n) is 3.29. The first kappa shape index (κ1) is 20.5. The maximum atomic E-state index is 12.3. The molecule has 1 aliphatic rings. The highest BCUT2D eigenvalue weighted by Gasteiger charge is 2.24. The number of hydrazone groups is 1. The molecule has 3 rings (SSSR count). The largest absolute Gasteiger partial charge is 0.497 e. The molecule has 0 saturated carbocycles. The number of nitro benzene ring substituents is 1. The van der Waals surface area contributed by atoms with E-state index in [1.54, 1.807) is 25.5 Å². The van der Waals surface area contributed by atoms with Gasteiger partial charge in [0.1, 0.15) is 5.75 Å². The second kappa shape index (κ2) is 9.79. The third-order valence-electron chi connectivity index (χ3n) is 5.02. The number of benzene rings is 2. The number of piperidine rings is 1. The third-order valence-corrected chi connectivity index (χ3v) is 5.02. The molecule has 0 aliphatic carbocycles. The summed E-state index contributed by atoms with van der Waals surface area (Å²) in [6, 6.07) is 14.0. The summed E-state index contributed by atoms with van der Waals surface area (Å²) >= 11 is 0. The van der Waals surface area contributed by atoms with Crippen molar-refractivity contribution in [3.05, 3.63) is 69.8 Å². The summed E-state index contributed by atoms with van der Waals surface area (Å²) in [5, 5.41) is 14.8. The zero-order chi connectivity index (χ0) is 20.6. The van der Waals surface area contributed by atoms with Gasteiger partial charge in [-0.25, -0.2) is 5.43 Å². The van der Waals surface area contributed by atoms with Crippen LogP contribution < -0.4 is 10.2 Å². The van der Waals surface area contributed by atoms with Gasteiger partial charge in [0.15, 0.2) is 0 Å². The van der Waals surface area contributed by atoms with Crippen LogP contribution in [-0.2, 0) is 11.3 Å². The molecule has 1 N–H and O–H groups in total. The molecule has 1 aliphatic heterocycles. The third kappa shape index (κ3) is 5.86. The molecule has 1 fully saturated rings. The number of carbonyl (C=O) groups is 1. The van der Waals surface area contributed by atoms with Crippen molar-refractivity contribution >= 4 is 17.8 Å². The molecule has 0 aromatic heterocycles. The number of hydrogen-bond donors (Lipinski definition) is 1. The molecular weight excluding hydrogens is 372 g/mol. The van der Waals surface area contributed by atoms with Crippen molar-refractivity contribution in [3.8, 4) is 5.75 Å². The standard InChI is InChI=1S/C21H24N4O4/c1-29-20-8-4-16(5-9-20)14-22-23-21(26)18-10-12-24(13-11-18)15-17-2-6-19(7-3-17)25(27)28/h2-9,14,18H,10-13,15H2,1H3,(H,23,26)/b22-14+. The minimum Gasteiger partial charge on any atom is -0.497 e. The van der Waals surface area contributed by atoms with E-state index in [-0.39, 0.29) is 17.5 Å². The van der Waals surface area contributed by atoms with Gasteiger partial charge in [0.05, 0.1) is 18.2 Å². The molecule has 2 aromatic carbocycles. The van der Waals surface area contributed by atoms with Crippen LogP contribution in [0.5, 0.6) is 5.75 Å². The quantitative estimate of drug-likeness (QED) is 0.441. The van der Waals surface area contributed by atoms with Crippen LogP contribution in [0.3, 0.4) is 0 Å². The first-order valence-electron chi connectivity index (χ1n) is 9.48. The molecule has 2 aromatic rings. The van der Waals surface area contributed by atoms with Crippen LogP contribution in [0.1, 0.15) is 24.0 Å². The van der Waals surface area contributed by atoms with Crippen molar-refractivity contribution in [3.63, 3.8) is 0 Å². The summed E-state index contributed by atoms with van der Waals surface area (Å²) in [6.45, 7) is 2.33. The maximum Gasteiger partial charge on any atom is 0.269 e. The second-order valence-corrected chi connectivity index (χ2v) is 6.98. The van der Waals surface area contributed by atoms with E-state index in [2.05, 4.69) is 15.4 Å². The Labute approximate surface area is 169 Å². The molecule has 8 heteroatoms. The van der Waals surface area contributed by atoms with Crippen molar-refractivity contribution in [2.45, 2.75) is 19.4 Å². The lowest BCUT2D eigenvalue weighted by molar-refractivity contribution is -0.384. The first-order chi connectivity index (χ1) is 14.0. The summed E-state index contributed by atoms with van der Waals surface area (Å²) in [6.07, 6.45) is 3.13. The molecule has 0 atom stereocenters. The number of nitrogens with one attached hydrogen (secondary N) is 1.